The van der Waals surface area contributed by atoms with Crippen molar-refractivity contribution in [1.29, 1.82) is 0 Å². The van der Waals surface area contributed by atoms with Crippen molar-refractivity contribution in [3.63, 3.8) is 0 Å². The molecule has 0 bridgehead atoms. The van der Waals surface area contributed by atoms with Gasteiger partial charge in [-0.15, -0.1) is 0 Å². The lowest BCUT2D eigenvalue weighted by Gasteiger charge is -2.34. The normalized spacial score (nSPS) is 22.6. The first-order valence-corrected chi connectivity index (χ1v) is 6.22. The van der Waals surface area contributed by atoms with Crippen molar-refractivity contribution < 1.29 is 14.7 Å². The summed E-state index contributed by atoms with van der Waals surface area (Å²) in [5.41, 5.74) is 5.83. The topological polar surface area (TPSA) is 83.6 Å². The van der Waals surface area contributed by atoms with E-state index >= 15 is 0 Å². The zero-order valence-corrected chi connectivity index (χ0v) is 10.6. The third-order valence-electron chi connectivity index (χ3n) is 3.11. The molecule has 0 radical (unpaired) electrons. The zero-order chi connectivity index (χ0) is 13.0. The van der Waals surface area contributed by atoms with Crippen molar-refractivity contribution in [2.45, 2.75) is 51.6 Å². The molecule has 0 spiro atoms. The Bertz CT molecular complexity index is 291. The highest BCUT2D eigenvalue weighted by Gasteiger charge is 2.34. The van der Waals surface area contributed by atoms with E-state index in [1.165, 1.54) is 4.90 Å². The van der Waals surface area contributed by atoms with Gasteiger partial charge in [-0.25, -0.2) is 4.79 Å². The Balaban J connectivity index is 2.67. The van der Waals surface area contributed by atoms with Gasteiger partial charge >= 0.3 is 5.97 Å². The summed E-state index contributed by atoms with van der Waals surface area (Å²) < 4.78 is 0. The van der Waals surface area contributed by atoms with Crippen LogP contribution in [0.2, 0.25) is 0 Å². The summed E-state index contributed by atoms with van der Waals surface area (Å²) in [5, 5.41) is 9.09. The van der Waals surface area contributed by atoms with Gasteiger partial charge in [0, 0.05) is 6.54 Å². The summed E-state index contributed by atoms with van der Waals surface area (Å²) in [6, 6.07) is -1.26. The molecule has 1 fully saturated rings. The number of amides is 1. The molecule has 1 aliphatic rings. The number of nitrogens with two attached hydrogens (primary N) is 1. The van der Waals surface area contributed by atoms with Crippen LogP contribution >= 0.6 is 0 Å². The van der Waals surface area contributed by atoms with Crippen molar-refractivity contribution >= 4 is 11.9 Å². The van der Waals surface area contributed by atoms with Crippen LogP contribution in [-0.4, -0.2) is 40.5 Å². The molecule has 98 valence electrons. The molecular weight excluding hydrogens is 220 g/mol. The predicted molar refractivity (Wildman–Crippen MR) is 64.4 cm³/mol. The van der Waals surface area contributed by atoms with Gasteiger partial charge in [-0.3, -0.25) is 4.79 Å². The van der Waals surface area contributed by atoms with Gasteiger partial charge in [0.25, 0.3) is 0 Å². The Labute approximate surface area is 102 Å². The van der Waals surface area contributed by atoms with Crippen LogP contribution in [0.25, 0.3) is 0 Å². The smallest absolute Gasteiger partial charge is 0.326 e. The highest BCUT2D eigenvalue weighted by molar-refractivity contribution is 5.87. The third kappa shape index (κ3) is 3.70. The molecule has 17 heavy (non-hydrogen) atoms. The molecule has 5 heteroatoms. The van der Waals surface area contributed by atoms with Gasteiger partial charge in [-0.2, -0.15) is 0 Å². The maximum atomic E-state index is 12.1. The standard InChI is InChI=1S/C12H22N2O3/c1-8(2)7-9(13)11(15)14-6-4-3-5-10(14)12(16)17/h8-10H,3-7,13H2,1-2H3,(H,16,17)/t9?,10-/m0/s1. The van der Waals surface area contributed by atoms with Crippen molar-refractivity contribution in [3.8, 4) is 0 Å². The highest BCUT2D eigenvalue weighted by Crippen LogP contribution is 2.19. The van der Waals surface area contributed by atoms with E-state index in [0.717, 1.165) is 12.8 Å². The molecule has 0 aromatic heterocycles. The fourth-order valence-electron chi connectivity index (χ4n) is 2.27. The van der Waals surface area contributed by atoms with Gasteiger partial charge in [0.2, 0.25) is 5.91 Å². The lowest BCUT2D eigenvalue weighted by Crippen LogP contribution is -2.53. The number of carbonyl (C=O) groups is 2. The maximum Gasteiger partial charge on any atom is 0.326 e. The summed E-state index contributed by atoms with van der Waals surface area (Å²) in [6.07, 6.45) is 2.86. The minimum absolute atomic E-state index is 0.217. The molecule has 0 aromatic rings. The molecule has 3 N–H and O–H groups in total. The molecule has 1 saturated heterocycles. The molecule has 1 amide bonds. The molecule has 0 aliphatic carbocycles. The molecular formula is C12H22N2O3. The summed E-state index contributed by atoms with van der Waals surface area (Å²) in [4.78, 5) is 24.6. The van der Waals surface area contributed by atoms with Crippen molar-refractivity contribution in [3.05, 3.63) is 0 Å². The second-order valence-corrected chi connectivity index (χ2v) is 5.12. The summed E-state index contributed by atoms with van der Waals surface area (Å²) in [5.74, 6) is -0.803. The van der Waals surface area contributed by atoms with Crippen LogP contribution in [0.15, 0.2) is 0 Å². The average Bonchev–Trinajstić information content (AvgIpc) is 2.27. The molecule has 1 aliphatic heterocycles. The Morgan fingerprint density at radius 1 is 1.41 bits per heavy atom. The second kappa shape index (κ2) is 6.00. The fourth-order valence-corrected chi connectivity index (χ4v) is 2.27. The molecule has 1 heterocycles. The van der Waals surface area contributed by atoms with E-state index in [2.05, 4.69) is 0 Å². The Morgan fingerprint density at radius 3 is 2.59 bits per heavy atom. The minimum atomic E-state index is -0.921. The number of carboxylic acids is 1. The summed E-state index contributed by atoms with van der Waals surface area (Å²) in [7, 11) is 0. The second-order valence-electron chi connectivity index (χ2n) is 5.12. The van der Waals surface area contributed by atoms with E-state index in [-0.39, 0.29) is 5.91 Å². The maximum absolute atomic E-state index is 12.1. The van der Waals surface area contributed by atoms with E-state index in [1.807, 2.05) is 13.8 Å². The van der Waals surface area contributed by atoms with Gasteiger partial charge in [-0.1, -0.05) is 13.8 Å². The molecule has 5 nitrogen and oxygen atoms in total. The van der Waals surface area contributed by atoms with Crippen LogP contribution in [0.1, 0.15) is 39.5 Å². The SMILES string of the molecule is CC(C)CC(N)C(=O)N1CCCC[C@H]1C(=O)O. The predicted octanol–water partition coefficient (Wildman–Crippen LogP) is 0.825. The first kappa shape index (κ1) is 14.0. The lowest BCUT2D eigenvalue weighted by atomic mass is 9.98. The van der Waals surface area contributed by atoms with Crippen LogP contribution < -0.4 is 5.73 Å². The van der Waals surface area contributed by atoms with Crippen LogP contribution in [-0.2, 0) is 9.59 Å². The Kier molecular flexibility index (Phi) is 4.93. The molecule has 0 aromatic carbocycles. The van der Waals surface area contributed by atoms with E-state index in [9.17, 15) is 9.59 Å². The number of hydrogen-bond donors (Lipinski definition) is 2. The zero-order valence-electron chi connectivity index (χ0n) is 10.6. The van der Waals surface area contributed by atoms with E-state index in [0.29, 0.717) is 25.3 Å². The number of rotatable bonds is 4. The largest absolute Gasteiger partial charge is 0.480 e. The molecule has 1 rings (SSSR count). The number of piperidine rings is 1. The van der Waals surface area contributed by atoms with Crippen LogP contribution in [0.3, 0.4) is 0 Å². The van der Waals surface area contributed by atoms with Crippen LogP contribution in [0.4, 0.5) is 0 Å². The van der Waals surface area contributed by atoms with Gasteiger partial charge in [0.05, 0.1) is 6.04 Å². The van der Waals surface area contributed by atoms with Gasteiger partial charge in [0.15, 0.2) is 0 Å². The number of carbonyl (C=O) groups excluding carboxylic acids is 1. The molecule has 0 saturated carbocycles. The number of nitrogens with zero attached hydrogens (tertiary/aromatic N) is 1. The van der Waals surface area contributed by atoms with E-state index in [1.54, 1.807) is 0 Å². The van der Waals surface area contributed by atoms with E-state index in [4.69, 9.17) is 10.8 Å². The minimum Gasteiger partial charge on any atom is -0.480 e. The van der Waals surface area contributed by atoms with Gasteiger partial charge in [-0.05, 0) is 31.6 Å². The number of aliphatic carboxylic acids is 1. The third-order valence-corrected chi connectivity index (χ3v) is 3.11. The summed E-state index contributed by atoms with van der Waals surface area (Å²) >= 11 is 0. The molecule has 2 atom stereocenters. The lowest BCUT2D eigenvalue weighted by molar-refractivity contribution is -0.152. The van der Waals surface area contributed by atoms with Gasteiger partial charge in [0.1, 0.15) is 6.04 Å². The number of hydrogen-bond acceptors (Lipinski definition) is 3. The fraction of sp³-hybridized carbons (Fsp3) is 0.833. The van der Waals surface area contributed by atoms with Crippen molar-refractivity contribution in [1.82, 2.24) is 4.90 Å². The Morgan fingerprint density at radius 2 is 2.06 bits per heavy atom. The quantitative estimate of drug-likeness (QED) is 0.764. The van der Waals surface area contributed by atoms with E-state index < -0.39 is 18.1 Å². The van der Waals surface area contributed by atoms with Gasteiger partial charge < -0.3 is 15.7 Å². The van der Waals surface area contributed by atoms with Crippen molar-refractivity contribution in [2.75, 3.05) is 6.54 Å². The first-order valence-electron chi connectivity index (χ1n) is 6.22. The summed E-state index contributed by atoms with van der Waals surface area (Å²) in [6.45, 7) is 4.51. The molecule has 1 unspecified atom stereocenters. The number of carboxylic acid groups (broad SMARTS) is 1. The number of likely N-dealkylation sites (tertiary alicyclic amines) is 1. The Hall–Kier alpha value is -1.10. The van der Waals surface area contributed by atoms with Crippen LogP contribution in [0, 0.1) is 5.92 Å². The van der Waals surface area contributed by atoms with Crippen LogP contribution in [0.5, 0.6) is 0 Å². The van der Waals surface area contributed by atoms with Crippen molar-refractivity contribution in [2.24, 2.45) is 11.7 Å². The average molecular weight is 242 g/mol. The highest BCUT2D eigenvalue weighted by atomic mass is 16.4. The first-order chi connectivity index (χ1) is 7.93. The monoisotopic (exact) mass is 242 g/mol.